The molecule has 0 heterocycles. The van der Waals surface area contributed by atoms with Crippen LogP contribution in [-0.2, 0) is 22.6 Å². The summed E-state index contributed by atoms with van der Waals surface area (Å²) in [6.07, 6.45) is 0.303. The van der Waals surface area contributed by atoms with E-state index in [0.29, 0.717) is 18.0 Å². The van der Waals surface area contributed by atoms with Gasteiger partial charge in [-0.15, -0.1) is 0 Å². The molecular weight excluding hydrogens is 312 g/mol. The first-order valence-electron chi connectivity index (χ1n) is 7.30. The molecule has 2 rings (SSSR count). The smallest absolute Gasteiger partial charge is 0.224 e. The first-order chi connectivity index (χ1) is 11.0. The van der Waals surface area contributed by atoms with Crippen molar-refractivity contribution in [3.63, 3.8) is 0 Å². The summed E-state index contributed by atoms with van der Waals surface area (Å²) in [6, 6.07) is 14.8. The Morgan fingerprint density at radius 1 is 1.00 bits per heavy atom. The Morgan fingerprint density at radius 3 is 2.13 bits per heavy atom. The van der Waals surface area contributed by atoms with Gasteiger partial charge in [0, 0.05) is 31.2 Å². The van der Waals surface area contributed by atoms with Gasteiger partial charge < -0.3 is 10.2 Å². The maximum Gasteiger partial charge on any atom is 0.224 e. The molecule has 1 N–H and O–H groups in total. The molecule has 2 aromatic carbocycles. The molecule has 5 heteroatoms. The molecule has 23 heavy (non-hydrogen) atoms. The second kappa shape index (κ2) is 7.79. The molecule has 0 aliphatic rings. The average Bonchev–Trinajstić information content (AvgIpc) is 2.54. The molecule has 0 unspecified atom stereocenters. The number of benzene rings is 2. The summed E-state index contributed by atoms with van der Waals surface area (Å²) in [7, 11) is 1.72. The van der Waals surface area contributed by atoms with Gasteiger partial charge in [-0.05, 0) is 35.4 Å². The van der Waals surface area contributed by atoms with Crippen LogP contribution in [0, 0.1) is 0 Å². The molecule has 0 fully saturated rings. The van der Waals surface area contributed by atoms with E-state index in [4.69, 9.17) is 11.6 Å². The number of hydrogen-bond acceptors (Lipinski definition) is 2. The van der Waals surface area contributed by atoms with Crippen LogP contribution in [0.2, 0.25) is 5.02 Å². The highest BCUT2D eigenvalue weighted by molar-refractivity contribution is 6.30. The monoisotopic (exact) mass is 330 g/mol. The fraction of sp³-hybridized carbons (Fsp3) is 0.222. The van der Waals surface area contributed by atoms with Crippen LogP contribution >= 0.6 is 11.6 Å². The summed E-state index contributed by atoms with van der Waals surface area (Å²) in [5.74, 6) is -0.0777. The molecule has 0 aliphatic heterocycles. The predicted octanol–water partition coefficient (Wildman–Crippen LogP) is 3.18. The summed E-state index contributed by atoms with van der Waals surface area (Å²) in [6.45, 7) is 1.99. The Labute approximate surface area is 141 Å². The lowest BCUT2D eigenvalue weighted by atomic mass is 10.1. The first kappa shape index (κ1) is 17.0. The summed E-state index contributed by atoms with van der Waals surface area (Å²) >= 11 is 5.82. The maximum atomic E-state index is 12.0. The Morgan fingerprint density at radius 2 is 1.57 bits per heavy atom. The normalized spacial score (nSPS) is 10.2. The van der Waals surface area contributed by atoms with E-state index in [1.807, 2.05) is 36.4 Å². The number of carbonyl (C=O) groups excluding carboxylic acids is 2. The van der Waals surface area contributed by atoms with Crippen LogP contribution < -0.4 is 10.2 Å². The highest BCUT2D eigenvalue weighted by atomic mass is 35.5. The number of anilines is 1. The minimum atomic E-state index is -0.0485. The molecule has 120 valence electrons. The van der Waals surface area contributed by atoms with Crippen LogP contribution in [0.1, 0.15) is 18.1 Å². The third kappa shape index (κ3) is 5.11. The molecule has 0 radical (unpaired) electrons. The predicted molar refractivity (Wildman–Crippen MR) is 92.5 cm³/mol. The van der Waals surface area contributed by atoms with E-state index in [1.54, 1.807) is 24.1 Å². The van der Waals surface area contributed by atoms with E-state index in [9.17, 15) is 9.59 Å². The van der Waals surface area contributed by atoms with Gasteiger partial charge >= 0.3 is 0 Å². The van der Waals surface area contributed by atoms with Gasteiger partial charge in [-0.2, -0.15) is 0 Å². The van der Waals surface area contributed by atoms with Crippen LogP contribution in [-0.4, -0.2) is 18.9 Å². The lowest BCUT2D eigenvalue weighted by Crippen LogP contribution is -2.25. The van der Waals surface area contributed by atoms with E-state index in [0.717, 1.165) is 16.8 Å². The van der Waals surface area contributed by atoms with Crippen molar-refractivity contribution in [1.29, 1.82) is 0 Å². The van der Waals surface area contributed by atoms with E-state index < -0.39 is 0 Å². The first-order valence-corrected chi connectivity index (χ1v) is 7.68. The van der Waals surface area contributed by atoms with Crippen LogP contribution in [0.15, 0.2) is 48.5 Å². The van der Waals surface area contributed by atoms with Crippen molar-refractivity contribution in [3.05, 3.63) is 64.7 Å². The van der Waals surface area contributed by atoms with Crippen molar-refractivity contribution in [3.8, 4) is 0 Å². The summed E-state index contributed by atoms with van der Waals surface area (Å²) in [4.78, 5) is 24.8. The maximum absolute atomic E-state index is 12.0. The standard InChI is InChI=1S/C18H19ClN2O2/c1-13(22)21(2)17-9-5-14(6-10-17)11-18(23)20-12-15-3-7-16(19)8-4-15/h3-10H,11-12H2,1-2H3,(H,20,23). The molecular formula is C18H19ClN2O2. The van der Waals surface area contributed by atoms with Crippen molar-refractivity contribution < 1.29 is 9.59 Å². The minimum Gasteiger partial charge on any atom is -0.352 e. The molecule has 0 spiro atoms. The molecule has 0 saturated heterocycles. The zero-order valence-corrected chi connectivity index (χ0v) is 13.9. The van der Waals surface area contributed by atoms with Crippen molar-refractivity contribution in [1.82, 2.24) is 5.32 Å². The van der Waals surface area contributed by atoms with Crippen molar-refractivity contribution in [2.24, 2.45) is 0 Å². The second-order valence-electron chi connectivity index (χ2n) is 5.32. The van der Waals surface area contributed by atoms with Gasteiger partial charge in [0.15, 0.2) is 0 Å². The van der Waals surface area contributed by atoms with Gasteiger partial charge in [0.1, 0.15) is 0 Å². The Hall–Kier alpha value is -2.33. The number of carbonyl (C=O) groups is 2. The zero-order valence-electron chi connectivity index (χ0n) is 13.2. The second-order valence-corrected chi connectivity index (χ2v) is 5.76. The van der Waals surface area contributed by atoms with Gasteiger partial charge in [-0.25, -0.2) is 0 Å². The van der Waals surface area contributed by atoms with Crippen LogP contribution in [0.4, 0.5) is 5.69 Å². The molecule has 0 bridgehead atoms. The number of nitrogens with one attached hydrogen (secondary N) is 1. The van der Waals surface area contributed by atoms with Crippen molar-refractivity contribution in [2.75, 3.05) is 11.9 Å². The largest absolute Gasteiger partial charge is 0.352 e. The summed E-state index contributed by atoms with van der Waals surface area (Å²) in [5.41, 5.74) is 2.71. The van der Waals surface area contributed by atoms with Gasteiger partial charge in [-0.1, -0.05) is 35.9 Å². The Balaban J connectivity index is 1.87. The lowest BCUT2D eigenvalue weighted by molar-refractivity contribution is -0.120. The van der Waals surface area contributed by atoms with E-state index in [2.05, 4.69) is 5.32 Å². The average molecular weight is 331 g/mol. The summed E-state index contributed by atoms with van der Waals surface area (Å²) in [5, 5.41) is 3.55. The molecule has 2 aromatic rings. The van der Waals surface area contributed by atoms with Gasteiger partial charge in [0.25, 0.3) is 0 Å². The number of rotatable bonds is 5. The van der Waals surface area contributed by atoms with Crippen molar-refractivity contribution in [2.45, 2.75) is 19.9 Å². The van der Waals surface area contributed by atoms with Gasteiger partial charge in [-0.3, -0.25) is 9.59 Å². The number of nitrogens with zero attached hydrogens (tertiary/aromatic N) is 1. The number of hydrogen-bond donors (Lipinski definition) is 1. The molecule has 0 saturated carbocycles. The van der Waals surface area contributed by atoms with E-state index in [1.165, 1.54) is 6.92 Å². The van der Waals surface area contributed by atoms with Crippen molar-refractivity contribution >= 4 is 29.1 Å². The van der Waals surface area contributed by atoms with Crippen LogP contribution in [0.25, 0.3) is 0 Å². The van der Waals surface area contributed by atoms with Crippen LogP contribution in [0.5, 0.6) is 0 Å². The SMILES string of the molecule is CC(=O)N(C)c1ccc(CC(=O)NCc2ccc(Cl)cc2)cc1. The third-order valence-corrected chi connectivity index (χ3v) is 3.82. The highest BCUT2D eigenvalue weighted by Crippen LogP contribution is 2.14. The third-order valence-electron chi connectivity index (χ3n) is 3.56. The Kier molecular flexibility index (Phi) is 5.77. The minimum absolute atomic E-state index is 0.0292. The fourth-order valence-electron chi connectivity index (χ4n) is 2.07. The number of halogens is 1. The van der Waals surface area contributed by atoms with Gasteiger partial charge in [0.05, 0.1) is 6.42 Å². The zero-order chi connectivity index (χ0) is 16.8. The quantitative estimate of drug-likeness (QED) is 0.915. The lowest BCUT2D eigenvalue weighted by Gasteiger charge is -2.15. The molecule has 0 atom stereocenters. The van der Waals surface area contributed by atoms with Gasteiger partial charge in [0.2, 0.25) is 11.8 Å². The highest BCUT2D eigenvalue weighted by Gasteiger charge is 2.07. The van der Waals surface area contributed by atoms with Crippen LogP contribution in [0.3, 0.4) is 0 Å². The molecule has 4 nitrogen and oxygen atoms in total. The Bertz CT molecular complexity index is 681. The van der Waals surface area contributed by atoms with E-state index >= 15 is 0 Å². The molecule has 0 aromatic heterocycles. The fourth-order valence-corrected chi connectivity index (χ4v) is 2.20. The topological polar surface area (TPSA) is 49.4 Å². The number of amides is 2. The van der Waals surface area contributed by atoms with E-state index in [-0.39, 0.29) is 11.8 Å². The summed E-state index contributed by atoms with van der Waals surface area (Å²) < 4.78 is 0. The molecule has 2 amide bonds. The molecule has 0 aliphatic carbocycles.